The summed E-state index contributed by atoms with van der Waals surface area (Å²) in [6.07, 6.45) is 5.14. The molecule has 1 N–H and O–H groups in total. The summed E-state index contributed by atoms with van der Waals surface area (Å²) in [6, 6.07) is 9.84. The molecule has 0 saturated carbocycles. The van der Waals surface area contributed by atoms with E-state index in [0.717, 1.165) is 16.5 Å². The fourth-order valence-electron chi connectivity index (χ4n) is 1.78. The van der Waals surface area contributed by atoms with Crippen molar-refractivity contribution in [2.75, 3.05) is 0 Å². The predicted molar refractivity (Wildman–Crippen MR) is 78.7 cm³/mol. The lowest BCUT2D eigenvalue weighted by Gasteiger charge is -2.18. The van der Waals surface area contributed by atoms with Crippen molar-refractivity contribution in [2.45, 2.75) is 26.3 Å². The van der Waals surface area contributed by atoms with Gasteiger partial charge in [0.15, 0.2) is 0 Å². The van der Waals surface area contributed by atoms with Crippen molar-refractivity contribution in [1.82, 2.24) is 10.3 Å². The highest BCUT2D eigenvalue weighted by molar-refractivity contribution is 5.93. The monoisotopic (exact) mass is 254 g/mol. The van der Waals surface area contributed by atoms with Gasteiger partial charge < -0.3 is 5.32 Å². The molecule has 0 aliphatic heterocycles. The number of benzene rings is 1. The number of carbonyl (C=O) groups excluding carboxylic acids is 1. The first-order valence-corrected chi connectivity index (χ1v) is 6.29. The van der Waals surface area contributed by atoms with Crippen molar-refractivity contribution >= 4 is 22.9 Å². The number of aromatic nitrogens is 1. The Morgan fingerprint density at radius 3 is 2.79 bits per heavy atom. The molecule has 3 nitrogen and oxygen atoms in total. The fourth-order valence-corrected chi connectivity index (χ4v) is 1.78. The van der Waals surface area contributed by atoms with E-state index in [2.05, 4.69) is 10.3 Å². The van der Waals surface area contributed by atoms with E-state index < -0.39 is 0 Å². The third-order valence-corrected chi connectivity index (χ3v) is 2.55. The average Bonchev–Trinajstić information content (AvgIpc) is 2.34. The summed E-state index contributed by atoms with van der Waals surface area (Å²) in [7, 11) is 0. The first kappa shape index (κ1) is 13.3. The van der Waals surface area contributed by atoms with E-state index in [4.69, 9.17) is 0 Å². The minimum Gasteiger partial charge on any atom is -0.348 e. The highest BCUT2D eigenvalue weighted by atomic mass is 16.1. The van der Waals surface area contributed by atoms with Crippen LogP contribution in [-0.2, 0) is 4.79 Å². The van der Waals surface area contributed by atoms with Crippen LogP contribution < -0.4 is 5.32 Å². The van der Waals surface area contributed by atoms with Crippen LogP contribution in [0.2, 0.25) is 0 Å². The molecule has 3 heteroatoms. The summed E-state index contributed by atoms with van der Waals surface area (Å²) in [6.45, 7) is 5.88. The van der Waals surface area contributed by atoms with E-state index in [1.807, 2.05) is 57.2 Å². The van der Waals surface area contributed by atoms with E-state index in [1.165, 1.54) is 0 Å². The number of pyridine rings is 1. The average molecular weight is 254 g/mol. The van der Waals surface area contributed by atoms with Gasteiger partial charge in [0.1, 0.15) is 0 Å². The van der Waals surface area contributed by atoms with Crippen molar-refractivity contribution in [2.24, 2.45) is 0 Å². The molecular weight excluding hydrogens is 236 g/mol. The Kier molecular flexibility index (Phi) is 3.65. The first-order valence-electron chi connectivity index (χ1n) is 6.29. The number of rotatable bonds is 2. The lowest BCUT2D eigenvalue weighted by Crippen LogP contribution is -2.39. The van der Waals surface area contributed by atoms with E-state index in [-0.39, 0.29) is 11.4 Å². The Hall–Kier alpha value is -2.16. The molecule has 0 aliphatic carbocycles. The molecule has 0 bridgehead atoms. The molecule has 98 valence electrons. The topological polar surface area (TPSA) is 42.0 Å². The van der Waals surface area contributed by atoms with Crippen LogP contribution in [0.15, 0.2) is 42.6 Å². The zero-order chi connectivity index (χ0) is 13.9. The number of carbonyl (C=O) groups is 1. The molecular formula is C16H18N2O. The molecule has 2 rings (SSSR count). The SMILES string of the molecule is CC(C)(C)NC(=O)/C=C/c1ccc2ncccc2c1. The zero-order valence-corrected chi connectivity index (χ0v) is 11.5. The van der Waals surface area contributed by atoms with Crippen LogP contribution in [0, 0.1) is 0 Å². The summed E-state index contributed by atoms with van der Waals surface area (Å²) in [5, 5.41) is 3.96. The van der Waals surface area contributed by atoms with Gasteiger partial charge in [-0.05, 0) is 50.6 Å². The lowest BCUT2D eigenvalue weighted by molar-refractivity contribution is -0.117. The summed E-state index contributed by atoms with van der Waals surface area (Å²) >= 11 is 0. The minimum absolute atomic E-state index is 0.0845. The highest BCUT2D eigenvalue weighted by Gasteiger charge is 2.10. The van der Waals surface area contributed by atoms with E-state index >= 15 is 0 Å². The molecule has 0 fully saturated rings. The Morgan fingerprint density at radius 2 is 2.05 bits per heavy atom. The van der Waals surface area contributed by atoms with Crippen LogP contribution in [0.3, 0.4) is 0 Å². The Morgan fingerprint density at radius 1 is 1.26 bits per heavy atom. The maximum Gasteiger partial charge on any atom is 0.244 e. The van der Waals surface area contributed by atoms with Crippen LogP contribution in [0.25, 0.3) is 17.0 Å². The lowest BCUT2D eigenvalue weighted by atomic mass is 10.1. The maximum absolute atomic E-state index is 11.7. The number of nitrogens with one attached hydrogen (secondary N) is 1. The molecule has 0 atom stereocenters. The Balaban J connectivity index is 2.15. The normalized spacial score (nSPS) is 11.9. The maximum atomic E-state index is 11.7. The van der Waals surface area contributed by atoms with E-state index in [9.17, 15) is 4.79 Å². The molecule has 19 heavy (non-hydrogen) atoms. The van der Waals surface area contributed by atoms with Gasteiger partial charge in [-0.25, -0.2) is 0 Å². The third-order valence-electron chi connectivity index (χ3n) is 2.55. The van der Waals surface area contributed by atoms with Gasteiger partial charge in [0.05, 0.1) is 5.52 Å². The summed E-state index contributed by atoms with van der Waals surface area (Å²) in [5.41, 5.74) is 1.73. The summed E-state index contributed by atoms with van der Waals surface area (Å²) in [5.74, 6) is -0.0845. The van der Waals surface area contributed by atoms with Crippen LogP contribution in [0.1, 0.15) is 26.3 Å². The first-order chi connectivity index (χ1) is 8.94. The third kappa shape index (κ3) is 3.91. The van der Waals surface area contributed by atoms with Crippen molar-refractivity contribution < 1.29 is 4.79 Å². The van der Waals surface area contributed by atoms with E-state index in [0.29, 0.717) is 0 Å². The highest BCUT2D eigenvalue weighted by Crippen LogP contribution is 2.14. The summed E-state index contributed by atoms with van der Waals surface area (Å²) in [4.78, 5) is 15.9. The molecule has 1 aromatic heterocycles. The second-order valence-electron chi connectivity index (χ2n) is 5.53. The minimum atomic E-state index is -0.214. The van der Waals surface area contributed by atoms with Gasteiger partial charge in [-0.2, -0.15) is 0 Å². The molecule has 0 spiro atoms. The smallest absolute Gasteiger partial charge is 0.244 e. The number of hydrogen-bond donors (Lipinski definition) is 1. The number of amides is 1. The molecule has 1 amide bonds. The van der Waals surface area contributed by atoms with Gasteiger partial charge in [0.25, 0.3) is 0 Å². The van der Waals surface area contributed by atoms with Gasteiger partial charge in [-0.15, -0.1) is 0 Å². The van der Waals surface area contributed by atoms with E-state index in [1.54, 1.807) is 12.3 Å². The molecule has 2 aromatic rings. The largest absolute Gasteiger partial charge is 0.348 e. The molecule has 0 saturated heterocycles. The molecule has 1 aromatic carbocycles. The van der Waals surface area contributed by atoms with Gasteiger partial charge in [-0.1, -0.05) is 12.1 Å². The molecule has 1 heterocycles. The molecule has 0 unspecified atom stereocenters. The standard InChI is InChI=1S/C16H18N2O/c1-16(2,3)18-15(19)9-7-12-6-8-14-13(11-12)5-4-10-17-14/h4-11H,1-3H3,(H,18,19)/b9-7+. The number of hydrogen-bond acceptors (Lipinski definition) is 2. The summed E-state index contributed by atoms with van der Waals surface area (Å²) < 4.78 is 0. The second kappa shape index (κ2) is 5.22. The quantitative estimate of drug-likeness (QED) is 0.836. The second-order valence-corrected chi connectivity index (χ2v) is 5.53. The van der Waals surface area contributed by atoms with Crippen molar-refractivity contribution in [3.63, 3.8) is 0 Å². The number of nitrogens with zero attached hydrogens (tertiary/aromatic N) is 1. The van der Waals surface area contributed by atoms with Gasteiger partial charge in [0, 0.05) is 23.2 Å². The van der Waals surface area contributed by atoms with Crippen LogP contribution in [0.4, 0.5) is 0 Å². The van der Waals surface area contributed by atoms with Gasteiger partial charge >= 0.3 is 0 Å². The Labute approximate surface area is 113 Å². The zero-order valence-electron chi connectivity index (χ0n) is 11.5. The predicted octanol–water partition coefficient (Wildman–Crippen LogP) is 3.16. The molecule has 0 aliphatic rings. The van der Waals surface area contributed by atoms with Gasteiger partial charge in [-0.3, -0.25) is 9.78 Å². The molecule has 0 radical (unpaired) electrons. The fraction of sp³-hybridized carbons (Fsp3) is 0.250. The number of fused-ring (bicyclic) bond motifs is 1. The van der Waals surface area contributed by atoms with Crippen molar-refractivity contribution in [3.05, 3.63) is 48.2 Å². The Bertz CT molecular complexity index is 624. The van der Waals surface area contributed by atoms with Crippen LogP contribution in [0.5, 0.6) is 0 Å². The van der Waals surface area contributed by atoms with Crippen molar-refractivity contribution in [1.29, 1.82) is 0 Å². The van der Waals surface area contributed by atoms with Crippen molar-refractivity contribution in [3.8, 4) is 0 Å². The van der Waals surface area contributed by atoms with Crippen LogP contribution in [-0.4, -0.2) is 16.4 Å². The van der Waals surface area contributed by atoms with Gasteiger partial charge in [0.2, 0.25) is 5.91 Å². The van der Waals surface area contributed by atoms with Crippen LogP contribution >= 0.6 is 0 Å².